The zero-order valence-corrected chi connectivity index (χ0v) is 13.1. The zero-order valence-electron chi connectivity index (χ0n) is 13.1. The molecule has 0 atom stereocenters. The quantitative estimate of drug-likeness (QED) is 0.394. The van der Waals surface area contributed by atoms with Gasteiger partial charge in [-0.1, -0.05) is 52.9 Å². The zero-order chi connectivity index (χ0) is 13.6. The summed E-state index contributed by atoms with van der Waals surface area (Å²) in [4.78, 5) is 0. The Kier molecular flexibility index (Phi) is 12.7. The van der Waals surface area contributed by atoms with E-state index in [9.17, 15) is 0 Å². The van der Waals surface area contributed by atoms with Crippen LogP contribution in [0.15, 0.2) is 5.57 Å². The van der Waals surface area contributed by atoms with Crippen LogP contribution in [0.25, 0.3) is 0 Å². The summed E-state index contributed by atoms with van der Waals surface area (Å²) in [7, 11) is 0. The van der Waals surface area contributed by atoms with E-state index in [4.69, 9.17) is 4.74 Å². The van der Waals surface area contributed by atoms with Gasteiger partial charge in [-0.2, -0.15) is 0 Å². The summed E-state index contributed by atoms with van der Waals surface area (Å²) in [6.07, 6.45) is 14.8. The number of hydrogen-bond acceptors (Lipinski definition) is 1. The summed E-state index contributed by atoms with van der Waals surface area (Å²) < 4.78 is 5.45. The summed E-state index contributed by atoms with van der Waals surface area (Å²) in [5, 5.41) is 0. The van der Waals surface area contributed by atoms with E-state index in [2.05, 4.69) is 27.0 Å². The molecular weight excluding hydrogens is 220 g/mol. The maximum Gasteiger partial charge on any atom is 0.160 e. The lowest BCUT2D eigenvalue weighted by Gasteiger charge is -2.19. The van der Waals surface area contributed by atoms with Crippen LogP contribution in [0.4, 0.5) is 0 Å². The molecule has 1 heteroatoms. The summed E-state index contributed by atoms with van der Waals surface area (Å²) in [6.45, 7) is 9.59. The van der Waals surface area contributed by atoms with Gasteiger partial charge in [0.2, 0.25) is 0 Å². The van der Waals surface area contributed by atoms with Crippen LogP contribution >= 0.6 is 0 Å². The van der Waals surface area contributed by atoms with Crippen LogP contribution in [0.5, 0.6) is 0 Å². The fourth-order valence-corrected chi connectivity index (χ4v) is 2.26. The third-order valence-corrected chi connectivity index (χ3v) is 3.45. The maximum absolute atomic E-state index is 5.45. The summed E-state index contributed by atoms with van der Waals surface area (Å²) >= 11 is 0. The largest absolute Gasteiger partial charge is 0.490 e. The van der Waals surface area contributed by atoms with Crippen molar-refractivity contribution < 1.29 is 4.74 Å². The topological polar surface area (TPSA) is 9.23 Å². The van der Waals surface area contributed by atoms with Crippen molar-refractivity contribution in [2.45, 2.75) is 85.5 Å². The van der Waals surface area contributed by atoms with Gasteiger partial charge in [0.1, 0.15) is 0 Å². The van der Waals surface area contributed by atoms with E-state index in [1.807, 2.05) is 6.92 Å². The Morgan fingerprint density at radius 1 is 0.889 bits per heavy atom. The van der Waals surface area contributed by atoms with E-state index in [-0.39, 0.29) is 0 Å². The van der Waals surface area contributed by atoms with Crippen molar-refractivity contribution in [3.63, 3.8) is 0 Å². The average Bonchev–Trinajstić information content (AvgIpc) is 2.40. The van der Waals surface area contributed by atoms with Crippen LogP contribution in [0.3, 0.4) is 0 Å². The van der Waals surface area contributed by atoms with Crippen molar-refractivity contribution in [2.75, 3.05) is 6.61 Å². The van der Waals surface area contributed by atoms with Crippen LogP contribution in [-0.4, -0.2) is 6.61 Å². The highest BCUT2D eigenvalue weighted by atomic mass is 16.5. The Bertz CT molecular complexity index is 188. The maximum atomic E-state index is 5.45. The Balaban J connectivity index is 4.47. The molecule has 0 aliphatic carbocycles. The number of allylic oxidation sites excluding steroid dienone is 1. The minimum absolute atomic E-state index is 0.711. The Morgan fingerprint density at radius 3 is 1.89 bits per heavy atom. The molecule has 0 heterocycles. The molecule has 0 aromatic rings. The molecule has 0 aliphatic rings. The Labute approximate surface area is 115 Å². The molecule has 1 radical (unpaired) electrons. The lowest BCUT2D eigenvalue weighted by molar-refractivity contribution is 0.236. The first-order valence-electron chi connectivity index (χ1n) is 8.03. The van der Waals surface area contributed by atoms with Crippen molar-refractivity contribution in [3.8, 4) is 0 Å². The molecule has 0 bridgehead atoms. The van der Waals surface area contributed by atoms with Crippen LogP contribution in [0.1, 0.15) is 85.5 Å². The smallest absolute Gasteiger partial charge is 0.160 e. The molecule has 1 nitrogen and oxygen atoms in total. The van der Waals surface area contributed by atoms with Crippen LogP contribution < -0.4 is 0 Å². The number of rotatable bonds is 12. The fourth-order valence-electron chi connectivity index (χ4n) is 2.26. The molecule has 107 valence electrons. The number of ether oxygens (including phenoxy) is 1. The Morgan fingerprint density at radius 2 is 1.44 bits per heavy atom. The molecule has 18 heavy (non-hydrogen) atoms. The Hall–Kier alpha value is -0.460. The minimum Gasteiger partial charge on any atom is -0.490 e. The van der Waals surface area contributed by atoms with Crippen molar-refractivity contribution in [3.05, 3.63) is 11.8 Å². The van der Waals surface area contributed by atoms with E-state index in [1.165, 1.54) is 63.4 Å². The first-order chi connectivity index (χ1) is 8.79. The van der Waals surface area contributed by atoms with Gasteiger partial charge in [-0.05, 0) is 44.1 Å². The summed E-state index contributed by atoms with van der Waals surface area (Å²) in [6, 6.07) is 0. The lowest BCUT2D eigenvalue weighted by atomic mass is 9.87. The van der Waals surface area contributed by atoms with Gasteiger partial charge in [0.05, 0.1) is 6.61 Å². The molecule has 0 N–H and O–H groups in total. The first-order valence-corrected chi connectivity index (χ1v) is 8.03. The minimum atomic E-state index is 0.711. The molecule has 0 aromatic heterocycles. The van der Waals surface area contributed by atoms with E-state index in [1.54, 1.807) is 0 Å². The van der Waals surface area contributed by atoms with Gasteiger partial charge in [-0.15, -0.1) is 0 Å². The highest BCUT2D eigenvalue weighted by molar-refractivity contribution is 5.00. The van der Waals surface area contributed by atoms with E-state index in [0.717, 1.165) is 6.61 Å². The van der Waals surface area contributed by atoms with Crippen molar-refractivity contribution >= 4 is 0 Å². The van der Waals surface area contributed by atoms with Gasteiger partial charge in [0, 0.05) is 0 Å². The van der Waals surface area contributed by atoms with E-state index < -0.39 is 0 Å². The average molecular weight is 253 g/mol. The molecule has 0 fully saturated rings. The van der Waals surface area contributed by atoms with Gasteiger partial charge in [-0.25, -0.2) is 0 Å². The standard InChI is InChI=1S/C17H33O/c1-5-9-12-16(13-10-6-2)17(14-11-7-3)15-18-8-4/h16H,5-14H2,1-4H3. The first kappa shape index (κ1) is 17.5. The molecular formula is C17H33O. The molecule has 0 spiro atoms. The second-order valence-electron chi connectivity index (χ2n) is 5.15. The third-order valence-electron chi connectivity index (χ3n) is 3.45. The summed E-state index contributed by atoms with van der Waals surface area (Å²) in [5.74, 6) is 0.711. The third kappa shape index (κ3) is 8.60. The van der Waals surface area contributed by atoms with E-state index >= 15 is 0 Å². The van der Waals surface area contributed by atoms with Gasteiger partial charge in [0.25, 0.3) is 0 Å². The number of hydrogen-bond donors (Lipinski definition) is 0. The predicted molar refractivity (Wildman–Crippen MR) is 80.4 cm³/mol. The van der Waals surface area contributed by atoms with Crippen LogP contribution in [-0.2, 0) is 4.74 Å². The molecule has 0 amide bonds. The SMILES string of the molecule is CCCC/C(=[C]\OCC)C(CCCC)CCCC. The van der Waals surface area contributed by atoms with Crippen LogP contribution in [0, 0.1) is 12.2 Å². The second kappa shape index (κ2) is 13.0. The van der Waals surface area contributed by atoms with Crippen molar-refractivity contribution in [1.29, 1.82) is 0 Å². The molecule has 0 rings (SSSR count). The second-order valence-corrected chi connectivity index (χ2v) is 5.15. The monoisotopic (exact) mass is 253 g/mol. The highest BCUT2D eigenvalue weighted by Crippen LogP contribution is 2.27. The van der Waals surface area contributed by atoms with Gasteiger partial charge >= 0.3 is 0 Å². The molecule has 0 unspecified atom stereocenters. The molecule has 0 aliphatic heterocycles. The summed E-state index contributed by atoms with van der Waals surface area (Å²) in [5.41, 5.74) is 1.45. The van der Waals surface area contributed by atoms with Crippen LogP contribution in [0.2, 0.25) is 0 Å². The molecule has 0 aromatic carbocycles. The normalized spacial score (nSPS) is 12.2. The van der Waals surface area contributed by atoms with Crippen molar-refractivity contribution in [1.82, 2.24) is 0 Å². The predicted octanol–water partition coefficient (Wildman–Crippen LogP) is 5.90. The van der Waals surface area contributed by atoms with Gasteiger partial charge < -0.3 is 4.74 Å². The number of unbranched alkanes of at least 4 members (excludes halogenated alkanes) is 3. The van der Waals surface area contributed by atoms with E-state index in [0.29, 0.717) is 5.92 Å². The van der Waals surface area contributed by atoms with Gasteiger partial charge in [-0.3, -0.25) is 0 Å². The van der Waals surface area contributed by atoms with Gasteiger partial charge in [0.15, 0.2) is 6.26 Å². The molecule has 0 saturated heterocycles. The molecule has 0 saturated carbocycles. The fraction of sp³-hybridized carbons (Fsp3) is 0.882. The van der Waals surface area contributed by atoms with Crippen molar-refractivity contribution in [2.24, 2.45) is 5.92 Å². The highest BCUT2D eigenvalue weighted by Gasteiger charge is 2.14. The lowest BCUT2D eigenvalue weighted by Crippen LogP contribution is -2.06.